The van der Waals surface area contributed by atoms with Gasteiger partial charge in [0.25, 0.3) is 0 Å². The third kappa shape index (κ3) is 5.34. The van der Waals surface area contributed by atoms with Crippen LogP contribution in [0.5, 0.6) is 0 Å². The van der Waals surface area contributed by atoms with Gasteiger partial charge in [0, 0.05) is 24.5 Å². The lowest BCUT2D eigenvalue weighted by molar-refractivity contribution is -0.113. The molecule has 144 valence electrons. The van der Waals surface area contributed by atoms with Gasteiger partial charge in [-0.2, -0.15) is 4.31 Å². The molecule has 1 N–H and O–H groups in total. The number of rotatable bonds is 7. The zero-order valence-electron chi connectivity index (χ0n) is 15.3. The number of nitrogens with one attached hydrogen (secondary N) is 1. The zero-order chi connectivity index (χ0) is 19.3. The van der Waals surface area contributed by atoms with Gasteiger partial charge in [0.1, 0.15) is 0 Å². The van der Waals surface area contributed by atoms with Crippen LogP contribution in [0.3, 0.4) is 0 Å². The number of thioether (sulfide) groups is 1. The number of anilines is 1. The summed E-state index contributed by atoms with van der Waals surface area (Å²) in [5.74, 6) is 0.941. The Kier molecular flexibility index (Phi) is 6.57. The van der Waals surface area contributed by atoms with Gasteiger partial charge in [-0.25, -0.2) is 8.42 Å². The highest BCUT2D eigenvalue weighted by molar-refractivity contribution is 7.99. The second kappa shape index (κ2) is 8.91. The lowest BCUT2D eigenvalue weighted by Crippen LogP contribution is -2.28. The van der Waals surface area contributed by atoms with Gasteiger partial charge in [-0.3, -0.25) is 4.79 Å². The Bertz CT molecular complexity index is 890. The second-order valence-electron chi connectivity index (χ2n) is 6.67. The Morgan fingerprint density at radius 1 is 1.11 bits per heavy atom. The van der Waals surface area contributed by atoms with E-state index in [1.807, 2.05) is 6.92 Å². The van der Waals surface area contributed by atoms with Gasteiger partial charge in [-0.05, 0) is 43.5 Å². The molecule has 0 spiro atoms. The Balaban J connectivity index is 1.55. The molecule has 27 heavy (non-hydrogen) atoms. The van der Waals surface area contributed by atoms with Crippen molar-refractivity contribution in [1.82, 2.24) is 4.31 Å². The number of carbonyl (C=O) groups is 1. The van der Waals surface area contributed by atoms with Crippen LogP contribution in [0.2, 0.25) is 0 Å². The van der Waals surface area contributed by atoms with Crippen molar-refractivity contribution in [2.24, 2.45) is 0 Å². The molecule has 0 bridgehead atoms. The van der Waals surface area contributed by atoms with Crippen LogP contribution < -0.4 is 5.32 Å². The SMILES string of the molecule is Cc1ccc(CSCC(=O)Nc2cccc(S(=O)(=O)N3CCCC3)c2)cc1. The molecule has 1 aliphatic heterocycles. The van der Waals surface area contributed by atoms with Crippen LogP contribution in [0.15, 0.2) is 53.4 Å². The number of hydrogen-bond acceptors (Lipinski definition) is 4. The van der Waals surface area contributed by atoms with Crippen molar-refractivity contribution in [3.63, 3.8) is 0 Å². The van der Waals surface area contributed by atoms with Crippen molar-refractivity contribution in [2.75, 3.05) is 24.2 Å². The van der Waals surface area contributed by atoms with Crippen LogP contribution in [0.1, 0.15) is 24.0 Å². The highest BCUT2D eigenvalue weighted by Crippen LogP contribution is 2.23. The summed E-state index contributed by atoms with van der Waals surface area (Å²) in [4.78, 5) is 12.4. The summed E-state index contributed by atoms with van der Waals surface area (Å²) in [5.41, 5.74) is 2.90. The maximum absolute atomic E-state index is 12.6. The van der Waals surface area contributed by atoms with E-state index in [-0.39, 0.29) is 10.8 Å². The molecule has 5 nitrogen and oxygen atoms in total. The summed E-state index contributed by atoms with van der Waals surface area (Å²) in [7, 11) is -3.48. The molecule has 2 aromatic rings. The number of carbonyl (C=O) groups excluding carboxylic acids is 1. The highest BCUT2D eigenvalue weighted by Gasteiger charge is 2.27. The van der Waals surface area contributed by atoms with E-state index in [2.05, 4.69) is 29.6 Å². The van der Waals surface area contributed by atoms with Crippen LogP contribution in [0, 0.1) is 6.92 Å². The average Bonchev–Trinajstić information content (AvgIpc) is 3.19. The predicted molar refractivity (Wildman–Crippen MR) is 110 cm³/mol. The third-order valence-electron chi connectivity index (χ3n) is 4.44. The van der Waals surface area contributed by atoms with E-state index in [9.17, 15) is 13.2 Å². The molecule has 1 fully saturated rings. The van der Waals surface area contributed by atoms with E-state index < -0.39 is 10.0 Å². The molecule has 0 aromatic heterocycles. The normalized spacial score (nSPS) is 15.0. The van der Waals surface area contributed by atoms with E-state index in [1.54, 1.807) is 18.2 Å². The van der Waals surface area contributed by atoms with Gasteiger partial charge in [0.05, 0.1) is 10.6 Å². The predicted octanol–water partition coefficient (Wildman–Crippen LogP) is 3.65. The van der Waals surface area contributed by atoms with Gasteiger partial charge in [-0.15, -0.1) is 11.8 Å². The van der Waals surface area contributed by atoms with E-state index in [0.717, 1.165) is 18.6 Å². The monoisotopic (exact) mass is 404 g/mol. The first-order valence-electron chi connectivity index (χ1n) is 8.98. The molecule has 0 radical (unpaired) electrons. The van der Waals surface area contributed by atoms with Crippen LogP contribution >= 0.6 is 11.8 Å². The summed E-state index contributed by atoms with van der Waals surface area (Å²) < 4.78 is 26.8. The fraction of sp³-hybridized carbons (Fsp3) is 0.350. The molecule has 0 saturated carbocycles. The van der Waals surface area contributed by atoms with E-state index in [4.69, 9.17) is 0 Å². The molecule has 0 aliphatic carbocycles. The standard InChI is InChI=1S/C20H24N2O3S2/c1-16-7-9-17(10-8-16)14-26-15-20(23)21-18-5-4-6-19(13-18)27(24,25)22-11-2-3-12-22/h4-10,13H,2-3,11-12,14-15H2,1H3,(H,21,23). The highest BCUT2D eigenvalue weighted by atomic mass is 32.2. The molecule has 0 unspecified atom stereocenters. The second-order valence-corrected chi connectivity index (χ2v) is 9.59. The van der Waals surface area contributed by atoms with Gasteiger partial charge < -0.3 is 5.32 Å². The van der Waals surface area contributed by atoms with Gasteiger partial charge in [-0.1, -0.05) is 35.9 Å². The minimum Gasteiger partial charge on any atom is -0.325 e. The van der Waals surface area contributed by atoms with Crippen molar-refractivity contribution in [1.29, 1.82) is 0 Å². The number of nitrogens with zero attached hydrogens (tertiary/aromatic N) is 1. The maximum Gasteiger partial charge on any atom is 0.243 e. The number of hydrogen-bond donors (Lipinski definition) is 1. The first-order valence-corrected chi connectivity index (χ1v) is 11.6. The molecule has 1 saturated heterocycles. The lowest BCUT2D eigenvalue weighted by atomic mass is 10.2. The fourth-order valence-corrected chi connectivity index (χ4v) is 5.31. The molecule has 1 heterocycles. The first kappa shape index (κ1) is 19.9. The topological polar surface area (TPSA) is 66.5 Å². The van der Waals surface area contributed by atoms with Gasteiger partial charge >= 0.3 is 0 Å². The largest absolute Gasteiger partial charge is 0.325 e. The summed E-state index contributed by atoms with van der Waals surface area (Å²) >= 11 is 1.53. The molecular formula is C20H24N2O3S2. The van der Waals surface area contributed by atoms with Crippen LogP contribution in [-0.2, 0) is 20.6 Å². The van der Waals surface area contributed by atoms with Crippen molar-refractivity contribution in [3.05, 3.63) is 59.7 Å². The van der Waals surface area contributed by atoms with Crippen molar-refractivity contribution in [3.8, 4) is 0 Å². The first-order chi connectivity index (χ1) is 12.9. The van der Waals surface area contributed by atoms with Gasteiger partial charge in [0.15, 0.2) is 0 Å². The quantitative estimate of drug-likeness (QED) is 0.765. The number of amides is 1. The molecule has 2 aromatic carbocycles. The van der Waals surface area contributed by atoms with Crippen LogP contribution in [0.25, 0.3) is 0 Å². The summed E-state index contributed by atoms with van der Waals surface area (Å²) in [6.07, 6.45) is 1.79. The van der Waals surface area contributed by atoms with E-state index in [0.29, 0.717) is 24.5 Å². The van der Waals surface area contributed by atoms with Crippen LogP contribution in [0.4, 0.5) is 5.69 Å². The zero-order valence-corrected chi connectivity index (χ0v) is 17.0. The number of benzene rings is 2. The van der Waals surface area contributed by atoms with Crippen LogP contribution in [-0.4, -0.2) is 37.5 Å². The fourth-order valence-electron chi connectivity index (χ4n) is 2.95. The Morgan fingerprint density at radius 2 is 1.81 bits per heavy atom. The summed E-state index contributed by atoms with van der Waals surface area (Å²) in [6.45, 7) is 3.17. The Morgan fingerprint density at radius 3 is 2.52 bits per heavy atom. The molecule has 1 aliphatic rings. The maximum atomic E-state index is 12.6. The average molecular weight is 405 g/mol. The Hall–Kier alpha value is -1.83. The van der Waals surface area contributed by atoms with E-state index in [1.165, 1.54) is 33.3 Å². The van der Waals surface area contributed by atoms with E-state index >= 15 is 0 Å². The minimum atomic E-state index is -3.48. The molecule has 1 amide bonds. The third-order valence-corrected chi connectivity index (χ3v) is 7.34. The Labute approximate surface area is 165 Å². The number of aryl methyl sites for hydroxylation is 1. The molecule has 3 rings (SSSR count). The van der Waals surface area contributed by atoms with Gasteiger partial charge in [0.2, 0.25) is 15.9 Å². The molecule has 7 heteroatoms. The minimum absolute atomic E-state index is 0.136. The number of sulfonamides is 1. The lowest BCUT2D eigenvalue weighted by Gasteiger charge is -2.16. The summed E-state index contributed by atoms with van der Waals surface area (Å²) in [6, 6.07) is 14.7. The van der Waals surface area contributed by atoms with Crippen molar-refractivity contribution in [2.45, 2.75) is 30.4 Å². The molecular weight excluding hydrogens is 380 g/mol. The van der Waals surface area contributed by atoms with Crippen molar-refractivity contribution >= 4 is 33.4 Å². The summed E-state index contributed by atoms with van der Waals surface area (Å²) in [5, 5.41) is 2.80. The smallest absolute Gasteiger partial charge is 0.243 e. The molecule has 0 atom stereocenters. The van der Waals surface area contributed by atoms with Crippen molar-refractivity contribution < 1.29 is 13.2 Å².